The minimum absolute atomic E-state index is 0.167. The van der Waals surface area contributed by atoms with E-state index in [0.717, 1.165) is 29.2 Å². The molecule has 2 aromatic rings. The number of rotatable bonds is 6. The Bertz CT molecular complexity index is 1030. The van der Waals surface area contributed by atoms with Gasteiger partial charge in [-0.3, -0.25) is 9.59 Å². The molecule has 0 amide bonds. The maximum atomic E-state index is 11.3. The molecule has 0 N–H and O–H groups in total. The highest BCUT2D eigenvalue weighted by Crippen LogP contribution is 2.31. The van der Waals surface area contributed by atoms with Crippen molar-refractivity contribution in [3.63, 3.8) is 0 Å². The average molecular weight is 682 g/mol. The lowest BCUT2D eigenvalue weighted by Gasteiger charge is -2.10. The first-order chi connectivity index (χ1) is 15.2. The molecule has 0 aromatic heterocycles. The van der Waals surface area contributed by atoms with Gasteiger partial charge in [-0.15, -0.1) is 5.92 Å². The Labute approximate surface area is 218 Å². The predicted molar refractivity (Wildman–Crippen MR) is 138 cm³/mol. The summed E-state index contributed by atoms with van der Waals surface area (Å²) >= 11 is 9.00. The Morgan fingerprint density at radius 3 is 1.75 bits per heavy atom. The molecule has 0 aliphatic rings. The maximum absolute atomic E-state index is 11.3. The molecule has 0 aliphatic heterocycles. The summed E-state index contributed by atoms with van der Waals surface area (Å²) < 4.78 is 22.4. The summed E-state index contributed by atoms with van der Waals surface area (Å²) in [7, 11) is 5.87. The second-order valence-electron chi connectivity index (χ2n) is 6.09. The Balaban J connectivity index is 0.000000323. The van der Waals surface area contributed by atoms with Crippen molar-refractivity contribution in [2.75, 3.05) is 28.4 Å². The van der Waals surface area contributed by atoms with Gasteiger partial charge in [0, 0.05) is 29.2 Å². The minimum Gasteiger partial charge on any atom is -0.496 e. The van der Waals surface area contributed by atoms with Crippen LogP contribution in [0, 0.1) is 15.4 Å². The lowest BCUT2D eigenvalue weighted by atomic mass is 10.1. The third-order valence-corrected chi connectivity index (χ3v) is 6.12. The summed E-state index contributed by atoms with van der Waals surface area (Å²) in [5, 5.41) is 0. The van der Waals surface area contributed by atoms with E-state index < -0.39 is 0 Å². The molecule has 0 atom stereocenters. The van der Waals surface area contributed by atoms with E-state index in [4.69, 9.17) is 9.47 Å². The van der Waals surface area contributed by atoms with Crippen LogP contribution in [-0.4, -0.2) is 40.4 Å². The Morgan fingerprint density at radius 1 is 0.844 bits per heavy atom. The Kier molecular flexibility index (Phi) is 12.7. The highest BCUT2D eigenvalue weighted by molar-refractivity contribution is 14.1. The number of methoxy groups -OCH3 is 4. The van der Waals surface area contributed by atoms with Crippen molar-refractivity contribution in [2.24, 2.45) is 0 Å². The summed E-state index contributed by atoms with van der Waals surface area (Å²) in [5.41, 5.74) is 2.41. The molecule has 0 spiro atoms. The third kappa shape index (κ3) is 8.64. The van der Waals surface area contributed by atoms with Crippen LogP contribution in [0.15, 0.2) is 33.2 Å². The molecule has 2 rings (SSSR count). The molecule has 172 valence electrons. The van der Waals surface area contributed by atoms with Crippen molar-refractivity contribution in [3.8, 4) is 23.3 Å². The van der Waals surface area contributed by atoms with Crippen LogP contribution >= 0.6 is 54.5 Å². The average Bonchev–Trinajstić information content (AvgIpc) is 2.77. The van der Waals surface area contributed by atoms with E-state index in [1.807, 2.05) is 18.2 Å². The van der Waals surface area contributed by atoms with E-state index in [0.29, 0.717) is 11.5 Å². The predicted octanol–water partition coefficient (Wildman–Crippen LogP) is 5.32. The van der Waals surface area contributed by atoms with E-state index in [9.17, 15) is 9.59 Å². The number of hydrogen-bond donors (Lipinski definition) is 0. The fourth-order valence-electron chi connectivity index (χ4n) is 2.55. The highest BCUT2D eigenvalue weighted by atomic mass is 127. The van der Waals surface area contributed by atoms with Crippen molar-refractivity contribution in [2.45, 2.75) is 19.8 Å². The van der Waals surface area contributed by atoms with Crippen LogP contribution in [0.3, 0.4) is 0 Å². The molecular formula is C23H23Br2IO6. The second-order valence-corrected chi connectivity index (χ2v) is 9.04. The Morgan fingerprint density at radius 2 is 1.31 bits per heavy atom. The molecule has 0 aliphatic carbocycles. The SMILES string of the molecule is CC#Cc1cc(Br)c(CC(=O)OC)c(OC)c1.COC(=O)Cc1c(Br)cc(I)cc1OC. The van der Waals surface area contributed by atoms with Gasteiger partial charge in [0.25, 0.3) is 0 Å². The molecule has 6 nitrogen and oxygen atoms in total. The number of ether oxygens (including phenoxy) is 4. The highest BCUT2D eigenvalue weighted by Gasteiger charge is 2.14. The topological polar surface area (TPSA) is 71.1 Å². The normalized spacial score (nSPS) is 9.50. The summed E-state index contributed by atoms with van der Waals surface area (Å²) in [6.07, 6.45) is 0.372. The quantitative estimate of drug-likeness (QED) is 0.234. The summed E-state index contributed by atoms with van der Waals surface area (Å²) in [6, 6.07) is 7.47. The van der Waals surface area contributed by atoms with Crippen LogP contribution in [0.2, 0.25) is 0 Å². The number of carbonyl (C=O) groups excluding carboxylic acids is 2. The van der Waals surface area contributed by atoms with Crippen LogP contribution in [0.5, 0.6) is 11.5 Å². The van der Waals surface area contributed by atoms with Gasteiger partial charge in [-0.25, -0.2) is 0 Å². The first kappa shape index (κ1) is 28.3. The third-order valence-electron chi connectivity index (χ3n) is 4.08. The maximum Gasteiger partial charge on any atom is 0.310 e. The van der Waals surface area contributed by atoms with E-state index in [1.54, 1.807) is 27.2 Å². The van der Waals surface area contributed by atoms with Crippen LogP contribution in [0.25, 0.3) is 0 Å². The minimum atomic E-state index is -0.307. The molecule has 2 aromatic carbocycles. The standard InChI is InChI=1S/C13H13BrO3.C10H10BrIO3/c1-4-5-9-6-11(14)10(8-13(15)17-3)12(7-9)16-2;1-14-9-4-6(12)3-8(11)7(9)5-10(13)15-2/h6-7H,8H2,1-3H3;3-4H,5H2,1-2H3. The van der Waals surface area contributed by atoms with Gasteiger partial charge in [-0.1, -0.05) is 37.8 Å². The molecule has 0 radical (unpaired) electrons. The van der Waals surface area contributed by atoms with Crippen molar-refractivity contribution in [1.29, 1.82) is 0 Å². The fourth-order valence-corrected chi connectivity index (χ4v) is 4.73. The Hall–Kier alpha value is -1.77. The lowest BCUT2D eigenvalue weighted by Crippen LogP contribution is -2.07. The van der Waals surface area contributed by atoms with Gasteiger partial charge in [0.2, 0.25) is 0 Å². The zero-order valence-corrected chi connectivity index (χ0v) is 23.6. The van der Waals surface area contributed by atoms with Gasteiger partial charge >= 0.3 is 11.9 Å². The van der Waals surface area contributed by atoms with E-state index in [1.165, 1.54) is 14.2 Å². The number of halogens is 3. The fraction of sp³-hybridized carbons (Fsp3) is 0.304. The molecule has 9 heteroatoms. The van der Waals surface area contributed by atoms with Crippen LogP contribution in [0.1, 0.15) is 23.6 Å². The molecule has 32 heavy (non-hydrogen) atoms. The van der Waals surface area contributed by atoms with Crippen LogP contribution in [-0.2, 0) is 31.9 Å². The zero-order chi connectivity index (χ0) is 24.3. The molecule has 0 bridgehead atoms. The number of hydrogen-bond acceptors (Lipinski definition) is 6. The van der Waals surface area contributed by atoms with Crippen molar-refractivity contribution in [3.05, 3.63) is 53.5 Å². The molecule has 0 heterocycles. The number of benzene rings is 2. The van der Waals surface area contributed by atoms with Gasteiger partial charge in [-0.05, 0) is 53.8 Å². The first-order valence-electron chi connectivity index (χ1n) is 9.15. The monoisotopic (exact) mass is 680 g/mol. The van der Waals surface area contributed by atoms with E-state index in [-0.39, 0.29) is 24.8 Å². The van der Waals surface area contributed by atoms with Crippen molar-refractivity contribution in [1.82, 2.24) is 0 Å². The smallest absolute Gasteiger partial charge is 0.310 e. The summed E-state index contributed by atoms with van der Waals surface area (Å²) in [5.74, 6) is 6.49. The van der Waals surface area contributed by atoms with Gasteiger partial charge in [0.05, 0.1) is 41.3 Å². The molecule has 0 saturated carbocycles. The van der Waals surface area contributed by atoms with E-state index in [2.05, 4.69) is 75.8 Å². The number of carbonyl (C=O) groups is 2. The van der Waals surface area contributed by atoms with E-state index >= 15 is 0 Å². The largest absolute Gasteiger partial charge is 0.496 e. The van der Waals surface area contributed by atoms with Gasteiger partial charge < -0.3 is 18.9 Å². The second kappa shape index (κ2) is 14.4. The zero-order valence-electron chi connectivity index (χ0n) is 18.3. The van der Waals surface area contributed by atoms with Gasteiger partial charge in [0.1, 0.15) is 11.5 Å². The lowest BCUT2D eigenvalue weighted by molar-refractivity contribution is -0.140. The summed E-state index contributed by atoms with van der Waals surface area (Å²) in [6.45, 7) is 1.77. The van der Waals surface area contributed by atoms with Gasteiger partial charge in [-0.2, -0.15) is 0 Å². The van der Waals surface area contributed by atoms with Crippen molar-refractivity contribution < 1.29 is 28.5 Å². The van der Waals surface area contributed by atoms with Crippen LogP contribution in [0.4, 0.5) is 0 Å². The molecule has 0 unspecified atom stereocenters. The van der Waals surface area contributed by atoms with Crippen LogP contribution < -0.4 is 9.47 Å². The van der Waals surface area contributed by atoms with Gasteiger partial charge in [0.15, 0.2) is 0 Å². The first-order valence-corrected chi connectivity index (χ1v) is 11.8. The van der Waals surface area contributed by atoms with Crippen molar-refractivity contribution >= 4 is 66.4 Å². The summed E-state index contributed by atoms with van der Waals surface area (Å²) in [4.78, 5) is 22.5. The molecular weight excluding hydrogens is 659 g/mol. The molecule has 0 saturated heterocycles. The molecule has 0 fully saturated rings. The number of esters is 2.